The largest absolute Gasteiger partial charge is 0.380 e. The van der Waals surface area contributed by atoms with Crippen molar-refractivity contribution in [3.63, 3.8) is 0 Å². The van der Waals surface area contributed by atoms with E-state index < -0.39 is 22.2 Å². The molecular weight excluding hydrogens is 280 g/mol. The number of nitro groups is 1. The van der Waals surface area contributed by atoms with Crippen molar-refractivity contribution in [1.82, 2.24) is 4.90 Å². The molecule has 0 bridgehead atoms. The lowest BCUT2D eigenvalue weighted by Gasteiger charge is -2.20. The zero-order valence-corrected chi connectivity index (χ0v) is 12.5. The number of halogens is 2. The smallest absolute Gasteiger partial charge is 0.275 e. The molecule has 0 aliphatic rings. The number of nitro benzene ring substituents is 1. The van der Waals surface area contributed by atoms with Gasteiger partial charge < -0.3 is 10.2 Å². The third-order valence-electron chi connectivity index (χ3n) is 3.36. The van der Waals surface area contributed by atoms with Crippen molar-refractivity contribution >= 4 is 11.4 Å². The van der Waals surface area contributed by atoms with Gasteiger partial charge in [-0.25, -0.2) is 8.78 Å². The molecule has 0 fully saturated rings. The molecule has 1 aromatic carbocycles. The second-order valence-corrected chi connectivity index (χ2v) is 5.25. The van der Waals surface area contributed by atoms with Gasteiger partial charge in [0.25, 0.3) is 5.69 Å². The van der Waals surface area contributed by atoms with Crippen LogP contribution in [0.5, 0.6) is 0 Å². The summed E-state index contributed by atoms with van der Waals surface area (Å²) in [4.78, 5) is 11.8. The van der Waals surface area contributed by atoms with Crippen LogP contribution in [0.2, 0.25) is 0 Å². The molecule has 0 aliphatic carbocycles. The van der Waals surface area contributed by atoms with Crippen molar-refractivity contribution in [2.45, 2.75) is 32.7 Å². The summed E-state index contributed by atoms with van der Waals surface area (Å²) < 4.78 is 27.2. The Kier molecular flexibility index (Phi) is 6.48. The molecule has 0 saturated carbocycles. The molecule has 0 unspecified atom stereocenters. The fourth-order valence-electron chi connectivity index (χ4n) is 1.79. The van der Waals surface area contributed by atoms with Crippen LogP contribution in [0.1, 0.15) is 26.7 Å². The van der Waals surface area contributed by atoms with Gasteiger partial charge in [0, 0.05) is 12.6 Å². The van der Waals surface area contributed by atoms with Crippen molar-refractivity contribution in [2.75, 3.05) is 25.5 Å². The average Bonchev–Trinajstić information content (AvgIpc) is 2.40. The fourth-order valence-corrected chi connectivity index (χ4v) is 1.79. The van der Waals surface area contributed by atoms with Crippen LogP contribution < -0.4 is 5.32 Å². The number of nitrogens with one attached hydrogen (secondary N) is 1. The Hall–Kier alpha value is -1.76. The van der Waals surface area contributed by atoms with Crippen molar-refractivity contribution in [1.29, 1.82) is 0 Å². The van der Waals surface area contributed by atoms with Gasteiger partial charge in [-0.05, 0) is 40.3 Å². The Balaban J connectivity index is 2.48. The highest BCUT2D eigenvalue weighted by atomic mass is 19.1. The number of hydrogen-bond acceptors (Lipinski definition) is 4. The van der Waals surface area contributed by atoms with Crippen molar-refractivity contribution < 1.29 is 13.7 Å². The highest BCUT2D eigenvalue weighted by Crippen LogP contribution is 2.24. The lowest BCUT2D eigenvalue weighted by atomic mass is 10.2. The molecule has 0 saturated heterocycles. The summed E-state index contributed by atoms with van der Waals surface area (Å²) in [5.41, 5.74) is -0.896. The summed E-state index contributed by atoms with van der Waals surface area (Å²) in [5, 5.41) is 13.1. The molecule has 0 amide bonds. The Bertz CT molecular complexity index is 472. The molecule has 0 radical (unpaired) electrons. The summed E-state index contributed by atoms with van der Waals surface area (Å²) in [6.07, 6.45) is 1.66. The summed E-state index contributed by atoms with van der Waals surface area (Å²) in [6.45, 7) is 5.52. The third kappa shape index (κ3) is 5.26. The summed E-state index contributed by atoms with van der Waals surface area (Å²) in [5.74, 6) is -1.89. The number of rotatable bonds is 8. The van der Waals surface area contributed by atoms with Gasteiger partial charge >= 0.3 is 0 Å². The quantitative estimate of drug-likeness (QED) is 0.454. The number of unbranched alkanes of at least 4 members (excludes halogenated alkanes) is 1. The van der Waals surface area contributed by atoms with E-state index in [9.17, 15) is 18.9 Å². The highest BCUT2D eigenvalue weighted by Gasteiger charge is 2.16. The van der Waals surface area contributed by atoms with Gasteiger partial charge in [-0.15, -0.1) is 0 Å². The summed E-state index contributed by atoms with van der Waals surface area (Å²) >= 11 is 0. The van der Waals surface area contributed by atoms with Gasteiger partial charge in [0.05, 0.1) is 17.1 Å². The SMILES string of the molecule is CC(C)N(C)CCCCNc1c(F)cc([N+](=O)[O-])cc1F. The predicted octanol–water partition coefficient (Wildman–Crippen LogP) is 3.41. The van der Waals surface area contributed by atoms with Gasteiger partial charge in [-0.2, -0.15) is 0 Å². The maximum atomic E-state index is 13.6. The topological polar surface area (TPSA) is 58.4 Å². The number of anilines is 1. The fraction of sp³-hybridized carbons (Fsp3) is 0.571. The van der Waals surface area contributed by atoms with Crippen LogP contribution >= 0.6 is 0 Å². The van der Waals surface area contributed by atoms with Crippen molar-refractivity contribution in [3.05, 3.63) is 33.9 Å². The zero-order valence-electron chi connectivity index (χ0n) is 12.5. The minimum atomic E-state index is -0.944. The molecule has 7 heteroatoms. The van der Waals surface area contributed by atoms with E-state index in [2.05, 4.69) is 24.1 Å². The van der Waals surface area contributed by atoms with Crippen LogP contribution in [-0.4, -0.2) is 36.0 Å². The molecule has 5 nitrogen and oxygen atoms in total. The maximum Gasteiger partial charge on any atom is 0.275 e. The second kappa shape index (κ2) is 7.87. The van der Waals surface area contributed by atoms with Gasteiger partial charge in [0.1, 0.15) is 5.69 Å². The van der Waals surface area contributed by atoms with E-state index in [1.807, 2.05) is 7.05 Å². The molecule has 1 N–H and O–H groups in total. The third-order valence-corrected chi connectivity index (χ3v) is 3.36. The number of hydrogen-bond donors (Lipinski definition) is 1. The van der Waals surface area contributed by atoms with E-state index in [0.29, 0.717) is 12.6 Å². The van der Waals surface area contributed by atoms with Crippen molar-refractivity contribution in [2.24, 2.45) is 0 Å². The first-order chi connectivity index (χ1) is 9.82. The van der Waals surface area contributed by atoms with E-state index in [4.69, 9.17) is 0 Å². The first-order valence-electron chi connectivity index (χ1n) is 6.90. The van der Waals surface area contributed by atoms with Crippen LogP contribution in [0.3, 0.4) is 0 Å². The van der Waals surface area contributed by atoms with Gasteiger partial charge in [-0.1, -0.05) is 0 Å². The Labute approximate surface area is 123 Å². The van der Waals surface area contributed by atoms with Crippen LogP contribution in [0.15, 0.2) is 12.1 Å². The molecule has 0 spiro atoms. The van der Waals surface area contributed by atoms with E-state index in [1.165, 1.54) is 0 Å². The minimum absolute atomic E-state index is 0.308. The Morgan fingerprint density at radius 2 is 1.86 bits per heavy atom. The minimum Gasteiger partial charge on any atom is -0.380 e. The van der Waals surface area contributed by atoms with Gasteiger partial charge in [-0.3, -0.25) is 10.1 Å². The van der Waals surface area contributed by atoms with Crippen LogP contribution in [0.4, 0.5) is 20.2 Å². The summed E-state index contributed by atoms with van der Waals surface area (Å²) in [7, 11) is 2.02. The second-order valence-electron chi connectivity index (χ2n) is 5.25. The van der Waals surface area contributed by atoms with E-state index in [0.717, 1.165) is 31.5 Å². The lowest BCUT2D eigenvalue weighted by molar-refractivity contribution is -0.385. The average molecular weight is 301 g/mol. The molecule has 0 aliphatic heterocycles. The number of non-ortho nitro benzene ring substituents is 1. The molecular formula is C14H21F2N3O2. The normalized spacial score (nSPS) is 11.2. The Morgan fingerprint density at radius 3 is 2.33 bits per heavy atom. The van der Waals surface area contributed by atoms with Crippen LogP contribution in [0, 0.1) is 21.7 Å². The standard InChI is InChI=1S/C14H21F2N3O2/c1-10(2)18(3)7-5-4-6-17-14-12(15)8-11(19(20)21)9-13(14)16/h8-10,17H,4-7H2,1-3H3. The predicted molar refractivity (Wildman–Crippen MR) is 78.5 cm³/mol. The molecule has 1 aromatic rings. The van der Waals surface area contributed by atoms with Gasteiger partial charge in [0.2, 0.25) is 0 Å². The monoisotopic (exact) mass is 301 g/mol. The van der Waals surface area contributed by atoms with Crippen LogP contribution in [0.25, 0.3) is 0 Å². The summed E-state index contributed by atoms with van der Waals surface area (Å²) in [6, 6.07) is 1.90. The molecule has 0 aromatic heterocycles. The highest BCUT2D eigenvalue weighted by molar-refractivity contribution is 5.51. The van der Waals surface area contributed by atoms with E-state index in [1.54, 1.807) is 0 Å². The molecule has 21 heavy (non-hydrogen) atoms. The van der Waals surface area contributed by atoms with Crippen molar-refractivity contribution in [3.8, 4) is 0 Å². The van der Waals surface area contributed by atoms with Gasteiger partial charge in [0.15, 0.2) is 11.6 Å². The number of benzene rings is 1. The lowest BCUT2D eigenvalue weighted by Crippen LogP contribution is -2.27. The molecule has 0 atom stereocenters. The van der Waals surface area contributed by atoms with E-state index in [-0.39, 0.29) is 5.69 Å². The zero-order chi connectivity index (χ0) is 16.0. The maximum absolute atomic E-state index is 13.6. The number of nitrogens with zero attached hydrogens (tertiary/aromatic N) is 2. The van der Waals surface area contributed by atoms with Crippen LogP contribution in [-0.2, 0) is 0 Å². The molecule has 0 heterocycles. The Morgan fingerprint density at radius 1 is 1.29 bits per heavy atom. The first-order valence-corrected chi connectivity index (χ1v) is 6.90. The molecule has 118 valence electrons. The molecule has 1 rings (SSSR count). The van der Waals surface area contributed by atoms with E-state index >= 15 is 0 Å². The first kappa shape index (κ1) is 17.3.